The Balaban J connectivity index is 2.11. The van der Waals surface area contributed by atoms with Crippen molar-refractivity contribution in [3.63, 3.8) is 0 Å². The molecule has 16 heavy (non-hydrogen) atoms. The minimum Gasteiger partial charge on any atom is -0.459 e. The van der Waals surface area contributed by atoms with Crippen LogP contribution in [-0.2, 0) is 14.2 Å². The van der Waals surface area contributed by atoms with Crippen molar-refractivity contribution < 1.29 is 19.0 Å². The van der Waals surface area contributed by atoms with Gasteiger partial charge in [0.05, 0.1) is 19.8 Å². The number of hydrogen-bond acceptors (Lipinski definition) is 6. The summed E-state index contributed by atoms with van der Waals surface area (Å²) in [5.74, 6) is -0.333. The lowest BCUT2D eigenvalue weighted by molar-refractivity contribution is 0.0217. The van der Waals surface area contributed by atoms with Gasteiger partial charge in [-0.3, -0.25) is 0 Å². The molecular formula is C10H14O4S2. The van der Waals surface area contributed by atoms with E-state index in [0.717, 1.165) is 4.90 Å². The molecule has 0 spiro atoms. The lowest BCUT2D eigenvalue weighted by Gasteiger charge is -2.04. The average Bonchev–Trinajstić information content (AvgIpc) is 2.70. The first kappa shape index (κ1) is 13.5. The molecule has 0 aliphatic carbocycles. The quantitative estimate of drug-likeness (QED) is 0.463. The number of hydrogen-bond donors (Lipinski definition) is 1. The molecule has 0 aliphatic rings. The summed E-state index contributed by atoms with van der Waals surface area (Å²) in [5, 5.41) is 1.79. The maximum absolute atomic E-state index is 11.4. The van der Waals surface area contributed by atoms with E-state index in [1.807, 2.05) is 0 Å². The van der Waals surface area contributed by atoms with Gasteiger partial charge >= 0.3 is 5.97 Å². The number of carbonyl (C=O) groups is 1. The predicted octanol–water partition coefficient (Wildman–Crippen LogP) is 1.86. The number of thiol groups is 1. The Kier molecular flexibility index (Phi) is 6.47. The fraction of sp³-hybridized carbons (Fsp3) is 0.500. The molecule has 0 saturated carbocycles. The van der Waals surface area contributed by atoms with Crippen LogP contribution in [0, 0.1) is 0 Å². The molecule has 0 amide bonds. The molecule has 1 aromatic rings. The van der Waals surface area contributed by atoms with Crippen molar-refractivity contribution in [3.05, 3.63) is 16.3 Å². The molecule has 1 rings (SSSR count). The molecule has 0 aromatic carbocycles. The van der Waals surface area contributed by atoms with Crippen molar-refractivity contribution in [3.8, 4) is 0 Å². The molecule has 0 unspecified atom stereocenters. The minimum atomic E-state index is -0.333. The van der Waals surface area contributed by atoms with Crippen LogP contribution in [0.2, 0.25) is 0 Å². The molecular weight excluding hydrogens is 248 g/mol. The second kappa shape index (κ2) is 7.67. The average molecular weight is 262 g/mol. The van der Waals surface area contributed by atoms with Crippen molar-refractivity contribution in [1.29, 1.82) is 0 Å². The molecule has 0 aliphatic heterocycles. The van der Waals surface area contributed by atoms with Gasteiger partial charge in [0.15, 0.2) is 0 Å². The van der Waals surface area contributed by atoms with Crippen LogP contribution < -0.4 is 0 Å². The first-order valence-corrected chi connectivity index (χ1v) is 6.08. The molecule has 6 heteroatoms. The summed E-state index contributed by atoms with van der Waals surface area (Å²) in [4.78, 5) is 12.7. The third-order valence-corrected chi connectivity index (χ3v) is 3.02. The second-order valence-corrected chi connectivity index (χ2v) is 4.34. The summed E-state index contributed by atoms with van der Waals surface area (Å²) in [6.45, 7) is 1.69. The van der Waals surface area contributed by atoms with Gasteiger partial charge in [-0.2, -0.15) is 0 Å². The smallest absolute Gasteiger partial charge is 0.348 e. The van der Waals surface area contributed by atoms with Crippen LogP contribution in [0.4, 0.5) is 0 Å². The van der Waals surface area contributed by atoms with Crippen molar-refractivity contribution in [2.75, 3.05) is 33.5 Å². The van der Waals surface area contributed by atoms with E-state index < -0.39 is 0 Å². The Bertz CT molecular complexity index is 324. The summed E-state index contributed by atoms with van der Waals surface area (Å²) >= 11 is 5.43. The van der Waals surface area contributed by atoms with E-state index in [1.54, 1.807) is 18.6 Å². The Morgan fingerprint density at radius 3 is 2.75 bits per heavy atom. The summed E-state index contributed by atoms with van der Waals surface area (Å²) < 4.78 is 14.9. The van der Waals surface area contributed by atoms with Crippen LogP contribution in [0.3, 0.4) is 0 Å². The molecule has 0 atom stereocenters. The van der Waals surface area contributed by atoms with Gasteiger partial charge < -0.3 is 14.2 Å². The zero-order valence-corrected chi connectivity index (χ0v) is 10.7. The van der Waals surface area contributed by atoms with Crippen LogP contribution in [0.1, 0.15) is 9.67 Å². The Labute approximate surface area is 104 Å². The van der Waals surface area contributed by atoms with Gasteiger partial charge in [-0.25, -0.2) is 4.79 Å². The SMILES string of the molecule is COCCOCCOC(=O)c1cc(S)cs1. The van der Waals surface area contributed by atoms with E-state index in [-0.39, 0.29) is 12.6 Å². The van der Waals surface area contributed by atoms with E-state index in [9.17, 15) is 4.79 Å². The Morgan fingerprint density at radius 2 is 2.12 bits per heavy atom. The van der Waals surface area contributed by atoms with Gasteiger partial charge in [-0.15, -0.1) is 24.0 Å². The van der Waals surface area contributed by atoms with Crippen LogP contribution in [-0.4, -0.2) is 39.5 Å². The highest BCUT2D eigenvalue weighted by Crippen LogP contribution is 2.18. The molecule has 0 bridgehead atoms. The normalized spacial score (nSPS) is 10.4. The third-order valence-electron chi connectivity index (χ3n) is 1.68. The Hall–Kier alpha value is -0.560. The standard InChI is InChI=1S/C10H14O4S2/c1-12-2-3-13-4-5-14-10(11)9-6-8(15)7-16-9/h6-7,15H,2-5H2,1H3. The van der Waals surface area contributed by atoms with E-state index >= 15 is 0 Å². The van der Waals surface area contributed by atoms with Crippen molar-refractivity contribution >= 4 is 29.9 Å². The van der Waals surface area contributed by atoms with Gasteiger partial charge in [0, 0.05) is 17.4 Å². The van der Waals surface area contributed by atoms with Crippen molar-refractivity contribution in [1.82, 2.24) is 0 Å². The van der Waals surface area contributed by atoms with E-state index in [4.69, 9.17) is 14.2 Å². The van der Waals surface area contributed by atoms with Crippen LogP contribution >= 0.6 is 24.0 Å². The number of rotatable bonds is 7. The Morgan fingerprint density at radius 1 is 1.38 bits per heavy atom. The zero-order valence-electron chi connectivity index (χ0n) is 8.97. The first-order chi connectivity index (χ1) is 7.74. The first-order valence-electron chi connectivity index (χ1n) is 4.75. The number of esters is 1. The minimum absolute atomic E-state index is 0.252. The maximum Gasteiger partial charge on any atom is 0.348 e. The molecule has 0 N–H and O–H groups in total. The van der Waals surface area contributed by atoms with Gasteiger partial charge in [-0.1, -0.05) is 0 Å². The lowest BCUT2D eigenvalue weighted by Crippen LogP contribution is -2.11. The van der Waals surface area contributed by atoms with Crippen LogP contribution in [0.15, 0.2) is 16.3 Å². The zero-order chi connectivity index (χ0) is 11.8. The maximum atomic E-state index is 11.4. The number of methoxy groups -OCH3 is 1. The summed E-state index contributed by atoms with van der Waals surface area (Å²) in [6, 6.07) is 1.68. The molecule has 1 aromatic heterocycles. The van der Waals surface area contributed by atoms with E-state index in [2.05, 4.69) is 12.6 Å². The fourth-order valence-corrected chi connectivity index (χ4v) is 1.98. The monoisotopic (exact) mass is 262 g/mol. The second-order valence-electron chi connectivity index (χ2n) is 2.91. The highest BCUT2D eigenvalue weighted by molar-refractivity contribution is 7.80. The van der Waals surface area contributed by atoms with Gasteiger partial charge in [0.2, 0.25) is 0 Å². The van der Waals surface area contributed by atoms with Crippen LogP contribution in [0.5, 0.6) is 0 Å². The van der Waals surface area contributed by atoms with E-state index in [1.165, 1.54) is 11.3 Å². The predicted molar refractivity (Wildman–Crippen MR) is 64.5 cm³/mol. The topological polar surface area (TPSA) is 44.8 Å². The van der Waals surface area contributed by atoms with Crippen molar-refractivity contribution in [2.45, 2.75) is 4.90 Å². The van der Waals surface area contributed by atoms with Gasteiger partial charge in [-0.05, 0) is 6.07 Å². The van der Waals surface area contributed by atoms with Crippen LogP contribution in [0.25, 0.3) is 0 Å². The largest absolute Gasteiger partial charge is 0.459 e. The summed E-state index contributed by atoms with van der Waals surface area (Å²) in [7, 11) is 1.61. The molecule has 1 heterocycles. The molecule has 4 nitrogen and oxygen atoms in total. The molecule has 90 valence electrons. The molecule has 0 radical (unpaired) electrons. The number of ether oxygens (including phenoxy) is 3. The highest BCUT2D eigenvalue weighted by atomic mass is 32.1. The molecule has 0 fully saturated rings. The number of carbonyl (C=O) groups excluding carboxylic acids is 1. The highest BCUT2D eigenvalue weighted by Gasteiger charge is 2.08. The van der Waals surface area contributed by atoms with Crippen molar-refractivity contribution in [2.24, 2.45) is 0 Å². The van der Waals surface area contributed by atoms with Gasteiger partial charge in [0.1, 0.15) is 11.5 Å². The fourth-order valence-electron chi connectivity index (χ4n) is 0.942. The third kappa shape index (κ3) is 4.98. The van der Waals surface area contributed by atoms with E-state index in [0.29, 0.717) is 24.7 Å². The summed E-state index contributed by atoms with van der Waals surface area (Å²) in [5.41, 5.74) is 0. The van der Waals surface area contributed by atoms with Gasteiger partial charge in [0.25, 0.3) is 0 Å². The number of thiophene rings is 1. The molecule has 0 saturated heterocycles. The lowest BCUT2D eigenvalue weighted by atomic mass is 10.5. The summed E-state index contributed by atoms with van der Waals surface area (Å²) in [6.07, 6.45) is 0.